The Labute approximate surface area is 129 Å². The molecule has 23 heavy (non-hydrogen) atoms. The van der Waals surface area contributed by atoms with E-state index in [1.54, 1.807) is 18.3 Å². The number of nitrogens with zero attached hydrogens (tertiary/aromatic N) is 6. The predicted molar refractivity (Wildman–Crippen MR) is 79.0 cm³/mol. The summed E-state index contributed by atoms with van der Waals surface area (Å²) < 4.78 is 14.7. The van der Waals surface area contributed by atoms with Gasteiger partial charge in [0.25, 0.3) is 0 Å². The number of halogens is 1. The van der Waals surface area contributed by atoms with Crippen molar-refractivity contribution in [2.75, 3.05) is 11.9 Å². The number of hydrogen-bond donors (Lipinski definition) is 0. The van der Waals surface area contributed by atoms with Crippen LogP contribution < -0.4 is 10.6 Å². The average Bonchev–Trinajstić information content (AvgIpc) is 2.96. The quantitative estimate of drug-likeness (QED) is 0.660. The first-order chi connectivity index (χ1) is 11.1. The molecule has 0 atom stereocenters. The Bertz CT molecular complexity index is 905. The van der Waals surface area contributed by atoms with Gasteiger partial charge in [-0.1, -0.05) is 6.07 Å². The van der Waals surface area contributed by atoms with Crippen LogP contribution in [0.1, 0.15) is 0 Å². The lowest BCUT2D eigenvalue weighted by Gasteiger charge is -2.14. The van der Waals surface area contributed by atoms with E-state index in [0.29, 0.717) is 10.4 Å². The van der Waals surface area contributed by atoms with Crippen molar-refractivity contribution in [1.29, 1.82) is 0 Å². The molecule has 2 heterocycles. The standard InChI is InChI=1S/C14H11FN6O2/c1-19(12-6-3-7-16-9-12)13(22)21-14(23)20(17-18-21)11-5-2-4-10(15)8-11/h2-9H,1H3. The second-order valence-electron chi connectivity index (χ2n) is 4.62. The minimum atomic E-state index is -0.795. The average molecular weight is 314 g/mol. The van der Waals surface area contributed by atoms with Gasteiger partial charge < -0.3 is 0 Å². The van der Waals surface area contributed by atoms with Gasteiger partial charge in [0.05, 0.1) is 17.6 Å². The van der Waals surface area contributed by atoms with Crippen LogP contribution in [0.3, 0.4) is 0 Å². The third-order valence-corrected chi connectivity index (χ3v) is 3.14. The Morgan fingerprint density at radius 2 is 2.04 bits per heavy atom. The van der Waals surface area contributed by atoms with Crippen LogP contribution in [0, 0.1) is 5.82 Å². The fourth-order valence-electron chi connectivity index (χ4n) is 1.94. The van der Waals surface area contributed by atoms with Gasteiger partial charge in [0.2, 0.25) is 0 Å². The molecule has 1 aromatic carbocycles. The second kappa shape index (κ2) is 5.79. The van der Waals surface area contributed by atoms with Crippen LogP contribution in [-0.2, 0) is 0 Å². The van der Waals surface area contributed by atoms with E-state index < -0.39 is 17.5 Å². The third kappa shape index (κ3) is 2.71. The SMILES string of the molecule is CN(C(=O)n1nnn(-c2cccc(F)c2)c1=O)c1cccnc1. The fraction of sp³-hybridized carbons (Fsp3) is 0.0714. The number of tetrazole rings is 1. The van der Waals surface area contributed by atoms with Gasteiger partial charge in [0.15, 0.2) is 0 Å². The first-order valence-corrected chi connectivity index (χ1v) is 6.57. The zero-order valence-corrected chi connectivity index (χ0v) is 12.0. The maximum absolute atomic E-state index is 13.2. The molecule has 0 bridgehead atoms. The van der Waals surface area contributed by atoms with Gasteiger partial charge in [0, 0.05) is 13.2 Å². The van der Waals surface area contributed by atoms with Crippen molar-refractivity contribution in [1.82, 2.24) is 24.8 Å². The van der Waals surface area contributed by atoms with Gasteiger partial charge >= 0.3 is 11.7 Å². The van der Waals surface area contributed by atoms with Crippen LogP contribution >= 0.6 is 0 Å². The normalized spacial score (nSPS) is 10.5. The van der Waals surface area contributed by atoms with Crippen LogP contribution in [0.15, 0.2) is 53.6 Å². The lowest BCUT2D eigenvalue weighted by Crippen LogP contribution is -2.38. The predicted octanol–water partition coefficient (Wildman–Crippen LogP) is 1.07. The highest BCUT2D eigenvalue weighted by Crippen LogP contribution is 2.10. The largest absolute Gasteiger partial charge is 0.377 e. The van der Waals surface area contributed by atoms with Gasteiger partial charge in [-0.25, -0.2) is 14.0 Å². The number of hydrogen-bond acceptors (Lipinski definition) is 5. The molecule has 3 rings (SSSR count). The molecule has 3 aromatic rings. The number of carbonyl (C=O) groups excluding carboxylic acids is 1. The van der Waals surface area contributed by atoms with Gasteiger partial charge in [-0.3, -0.25) is 9.88 Å². The molecule has 0 N–H and O–H groups in total. The molecule has 2 aromatic heterocycles. The number of aromatic nitrogens is 5. The highest BCUT2D eigenvalue weighted by molar-refractivity contribution is 5.92. The zero-order chi connectivity index (χ0) is 16.4. The Kier molecular flexibility index (Phi) is 3.67. The summed E-state index contributed by atoms with van der Waals surface area (Å²) in [6.07, 6.45) is 3.04. The molecule has 0 radical (unpaired) electrons. The summed E-state index contributed by atoms with van der Waals surface area (Å²) in [5.74, 6) is -0.525. The summed E-state index contributed by atoms with van der Waals surface area (Å²) in [5.41, 5.74) is -0.126. The second-order valence-corrected chi connectivity index (χ2v) is 4.62. The van der Waals surface area contributed by atoms with Crippen LogP contribution in [0.2, 0.25) is 0 Å². The van der Waals surface area contributed by atoms with Crippen molar-refractivity contribution >= 4 is 11.7 Å². The van der Waals surface area contributed by atoms with Crippen LogP contribution in [0.5, 0.6) is 0 Å². The van der Waals surface area contributed by atoms with Gasteiger partial charge in [-0.05, 0) is 40.8 Å². The lowest BCUT2D eigenvalue weighted by molar-refractivity contribution is 0.245. The number of carbonyl (C=O) groups is 1. The molecule has 0 aliphatic carbocycles. The van der Waals surface area contributed by atoms with E-state index in [9.17, 15) is 14.0 Å². The molecule has 116 valence electrons. The van der Waals surface area contributed by atoms with Crippen molar-refractivity contribution in [3.8, 4) is 5.69 Å². The summed E-state index contributed by atoms with van der Waals surface area (Å²) in [6, 6.07) is 7.89. The van der Waals surface area contributed by atoms with E-state index >= 15 is 0 Å². The smallest absolute Gasteiger partial charge is 0.294 e. The van der Waals surface area contributed by atoms with Crippen LogP contribution in [0.25, 0.3) is 5.69 Å². The van der Waals surface area contributed by atoms with E-state index in [1.165, 1.54) is 36.3 Å². The Morgan fingerprint density at radius 3 is 2.74 bits per heavy atom. The van der Waals surface area contributed by atoms with Crippen LogP contribution in [-0.4, -0.2) is 37.9 Å². The number of amides is 1. The topological polar surface area (TPSA) is 85.9 Å². The summed E-state index contributed by atoms with van der Waals surface area (Å²) in [6.45, 7) is 0. The molecule has 0 unspecified atom stereocenters. The molecule has 8 nitrogen and oxygen atoms in total. The Balaban J connectivity index is 1.96. The first-order valence-electron chi connectivity index (χ1n) is 6.57. The molecular weight excluding hydrogens is 303 g/mol. The maximum atomic E-state index is 13.2. The molecule has 9 heteroatoms. The van der Waals surface area contributed by atoms with Gasteiger partial charge in [0.1, 0.15) is 5.82 Å². The van der Waals surface area contributed by atoms with E-state index in [-0.39, 0.29) is 5.69 Å². The maximum Gasteiger partial charge on any atom is 0.377 e. The van der Waals surface area contributed by atoms with Crippen molar-refractivity contribution < 1.29 is 9.18 Å². The number of rotatable bonds is 2. The Hall–Kier alpha value is -3.36. The van der Waals surface area contributed by atoms with Gasteiger partial charge in [-0.15, -0.1) is 4.68 Å². The highest BCUT2D eigenvalue weighted by atomic mass is 19.1. The van der Waals surface area contributed by atoms with E-state index in [0.717, 1.165) is 10.7 Å². The highest BCUT2D eigenvalue weighted by Gasteiger charge is 2.20. The summed E-state index contributed by atoms with van der Waals surface area (Å²) in [4.78, 5) is 29.7. The fourth-order valence-corrected chi connectivity index (χ4v) is 1.94. The molecule has 0 saturated heterocycles. The van der Waals surface area contributed by atoms with E-state index in [4.69, 9.17) is 0 Å². The summed E-state index contributed by atoms with van der Waals surface area (Å²) in [7, 11) is 1.48. The lowest BCUT2D eigenvalue weighted by atomic mass is 10.3. The number of anilines is 1. The molecule has 0 fully saturated rings. The van der Waals surface area contributed by atoms with Crippen molar-refractivity contribution in [2.45, 2.75) is 0 Å². The minimum absolute atomic E-state index is 0.179. The molecule has 0 aliphatic rings. The first kappa shape index (κ1) is 14.6. The summed E-state index contributed by atoms with van der Waals surface area (Å²) >= 11 is 0. The monoisotopic (exact) mass is 314 g/mol. The third-order valence-electron chi connectivity index (χ3n) is 3.14. The van der Waals surface area contributed by atoms with Crippen molar-refractivity contribution in [2.24, 2.45) is 0 Å². The van der Waals surface area contributed by atoms with Crippen molar-refractivity contribution in [3.05, 3.63) is 65.1 Å². The molecule has 1 amide bonds. The minimum Gasteiger partial charge on any atom is -0.294 e. The zero-order valence-electron chi connectivity index (χ0n) is 12.0. The number of pyridine rings is 1. The molecule has 0 saturated carbocycles. The van der Waals surface area contributed by atoms with E-state index in [2.05, 4.69) is 15.4 Å². The van der Waals surface area contributed by atoms with Crippen molar-refractivity contribution in [3.63, 3.8) is 0 Å². The van der Waals surface area contributed by atoms with E-state index in [1.807, 2.05) is 0 Å². The van der Waals surface area contributed by atoms with Crippen LogP contribution in [0.4, 0.5) is 14.9 Å². The molecule has 0 aliphatic heterocycles. The number of benzene rings is 1. The Morgan fingerprint density at radius 1 is 1.22 bits per heavy atom. The molecule has 0 spiro atoms. The molecular formula is C14H11FN6O2. The summed E-state index contributed by atoms with van der Waals surface area (Å²) in [5, 5.41) is 7.16. The van der Waals surface area contributed by atoms with Gasteiger partial charge in [-0.2, -0.15) is 4.68 Å².